The summed E-state index contributed by atoms with van der Waals surface area (Å²) in [6.07, 6.45) is 0. The number of benzene rings is 1. The van der Waals surface area contributed by atoms with Crippen LogP contribution in [0, 0.1) is 0 Å². The monoisotopic (exact) mass is 278 g/mol. The summed E-state index contributed by atoms with van der Waals surface area (Å²) in [6.45, 7) is 9.43. The van der Waals surface area contributed by atoms with Crippen molar-refractivity contribution in [1.82, 2.24) is 10.2 Å². The normalized spacial score (nSPS) is 13.7. The molecule has 1 aromatic rings. The lowest BCUT2D eigenvalue weighted by molar-refractivity contribution is -0.132. The van der Waals surface area contributed by atoms with E-state index in [0.717, 1.165) is 24.4 Å². The van der Waals surface area contributed by atoms with Gasteiger partial charge in [0.1, 0.15) is 5.75 Å². The third-order valence-corrected chi connectivity index (χ3v) is 3.55. The Labute approximate surface area is 122 Å². The van der Waals surface area contributed by atoms with Gasteiger partial charge in [0.2, 0.25) is 5.91 Å². The maximum absolute atomic E-state index is 12.3. The first-order valence-electron chi connectivity index (χ1n) is 7.22. The molecular formula is C16H26N2O2. The van der Waals surface area contributed by atoms with Crippen LogP contribution in [0.2, 0.25) is 0 Å². The van der Waals surface area contributed by atoms with Crippen LogP contribution < -0.4 is 10.1 Å². The minimum atomic E-state index is -0.213. The number of carbonyl (C=O) groups is 1. The molecule has 1 amide bonds. The van der Waals surface area contributed by atoms with Crippen LogP contribution >= 0.6 is 0 Å². The van der Waals surface area contributed by atoms with Crippen LogP contribution in [-0.2, 0) is 4.79 Å². The Hall–Kier alpha value is -1.55. The number of likely N-dealkylation sites (N-methyl/N-ethyl adjacent to an activating group) is 1. The van der Waals surface area contributed by atoms with E-state index in [9.17, 15) is 4.79 Å². The van der Waals surface area contributed by atoms with Crippen LogP contribution in [0.1, 0.15) is 39.3 Å². The zero-order chi connectivity index (χ0) is 15.1. The molecule has 1 aromatic carbocycles. The molecule has 112 valence electrons. The van der Waals surface area contributed by atoms with Crippen LogP contribution in [0.15, 0.2) is 24.3 Å². The molecule has 4 heteroatoms. The lowest BCUT2D eigenvalue weighted by Gasteiger charge is -2.26. The van der Waals surface area contributed by atoms with Crippen molar-refractivity contribution in [3.8, 4) is 5.75 Å². The first-order chi connectivity index (χ1) is 9.54. The zero-order valence-electron chi connectivity index (χ0n) is 13.1. The Morgan fingerprint density at radius 1 is 1.25 bits per heavy atom. The van der Waals surface area contributed by atoms with Crippen molar-refractivity contribution in [2.24, 2.45) is 0 Å². The number of para-hydroxylation sites is 1. The molecule has 4 nitrogen and oxygen atoms in total. The molecule has 0 aliphatic heterocycles. The highest BCUT2D eigenvalue weighted by molar-refractivity contribution is 5.81. The second-order valence-corrected chi connectivity index (χ2v) is 4.86. The van der Waals surface area contributed by atoms with Crippen LogP contribution in [0.4, 0.5) is 0 Å². The molecule has 1 rings (SSSR count). The second kappa shape index (κ2) is 7.90. The predicted octanol–water partition coefficient (Wildman–Crippen LogP) is 2.60. The Balaban J connectivity index is 2.74. The summed E-state index contributed by atoms with van der Waals surface area (Å²) in [5.74, 6) is 0.978. The predicted molar refractivity (Wildman–Crippen MR) is 81.9 cm³/mol. The van der Waals surface area contributed by atoms with Crippen LogP contribution in [0.5, 0.6) is 5.75 Å². The molecule has 0 saturated carbocycles. The number of rotatable bonds is 7. The first-order valence-corrected chi connectivity index (χ1v) is 7.22. The quantitative estimate of drug-likeness (QED) is 0.833. The number of carbonyl (C=O) groups excluding carboxylic acids is 1. The smallest absolute Gasteiger partial charge is 0.239 e. The van der Waals surface area contributed by atoms with Crippen molar-refractivity contribution in [2.45, 2.75) is 39.8 Å². The highest BCUT2D eigenvalue weighted by Gasteiger charge is 2.21. The number of nitrogens with one attached hydrogen (secondary N) is 1. The van der Waals surface area contributed by atoms with Gasteiger partial charge in [-0.1, -0.05) is 18.2 Å². The van der Waals surface area contributed by atoms with Crippen molar-refractivity contribution in [2.75, 3.05) is 20.2 Å². The van der Waals surface area contributed by atoms with E-state index in [1.165, 1.54) is 0 Å². The molecule has 2 atom stereocenters. The van der Waals surface area contributed by atoms with Crippen molar-refractivity contribution in [1.29, 1.82) is 0 Å². The molecule has 0 aliphatic carbocycles. The van der Waals surface area contributed by atoms with Gasteiger partial charge in [-0.15, -0.1) is 0 Å². The van der Waals surface area contributed by atoms with E-state index >= 15 is 0 Å². The van der Waals surface area contributed by atoms with E-state index in [0.29, 0.717) is 0 Å². The van der Waals surface area contributed by atoms with Gasteiger partial charge < -0.3 is 9.64 Å². The Bertz CT molecular complexity index is 430. The highest BCUT2D eigenvalue weighted by Crippen LogP contribution is 2.24. The average molecular weight is 278 g/mol. The molecule has 0 radical (unpaired) electrons. The van der Waals surface area contributed by atoms with Crippen molar-refractivity contribution in [3.63, 3.8) is 0 Å². The summed E-state index contributed by atoms with van der Waals surface area (Å²) in [4.78, 5) is 14.1. The van der Waals surface area contributed by atoms with Crippen LogP contribution in [-0.4, -0.2) is 37.0 Å². The van der Waals surface area contributed by atoms with Crippen molar-refractivity contribution < 1.29 is 9.53 Å². The SMILES string of the molecule is CCN(CC)C(=O)C(C)N[C@H](C)c1ccccc1OC. The van der Waals surface area contributed by atoms with E-state index in [2.05, 4.69) is 5.32 Å². The van der Waals surface area contributed by atoms with Gasteiger partial charge in [0.25, 0.3) is 0 Å². The van der Waals surface area contributed by atoms with E-state index in [1.54, 1.807) is 7.11 Å². The maximum atomic E-state index is 12.3. The topological polar surface area (TPSA) is 41.6 Å². The minimum Gasteiger partial charge on any atom is -0.496 e. The molecule has 1 unspecified atom stereocenters. The zero-order valence-corrected chi connectivity index (χ0v) is 13.1. The number of hydrogen-bond acceptors (Lipinski definition) is 3. The Morgan fingerprint density at radius 3 is 2.40 bits per heavy atom. The summed E-state index contributed by atoms with van der Waals surface area (Å²) in [5.41, 5.74) is 1.06. The fourth-order valence-corrected chi connectivity index (χ4v) is 2.37. The molecule has 0 aliphatic rings. The lowest BCUT2D eigenvalue weighted by Crippen LogP contribution is -2.45. The fourth-order valence-electron chi connectivity index (χ4n) is 2.37. The number of hydrogen-bond donors (Lipinski definition) is 1. The Morgan fingerprint density at radius 2 is 1.85 bits per heavy atom. The van der Waals surface area contributed by atoms with E-state index in [-0.39, 0.29) is 18.0 Å². The number of ether oxygens (including phenoxy) is 1. The first kappa shape index (κ1) is 16.5. The van der Waals surface area contributed by atoms with Gasteiger partial charge in [0.15, 0.2) is 0 Å². The third kappa shape index (κ3) is 3.97. The van der Waals surface area contributed by atoms with Gasteiger partial charge in [-0.05, 0) is 33.8 Å². The van der Waals surface area contributed by atoms with Gasteiger partial charge in [0, 0.05) is 24.7 Å². The highest BCUT2D eigenvalue weighted by atomic mass is 16.5. The summed E-state index contributed by atoms with van der Waals surface area (Å²) in [5, 5.41) is 3.35. The second-order valence-electron chi connectivity index (χ2n) is 4.86. The molecule has 0 bridgehead atoms. The van der Waals surface area contributed by atoms with Gasteiger partial charge in [-0.3, -0.25) is 10.1 Å². The number of methoxy groups -OCH3 is 1. The van der Waals surface area contributed by atoms with Gasteiger partial charge in [0.05, 0.1) is 13.2 Å². The van der Waals surface area contributed by atoms with Crippen molar-refractivity contribution in [3.05, 3.63) is 29.8 Å². The molecule has 0 heterocycles. The molecule has 20 heavy (non-hydrogen) atoms. The maximum Gasteiger partial charge on any atom is 0.239 e. The van der Waals surface area contributed by atoms with Gasteiger partial charge in [-0.25, -0.2) is 0 Å². The molecule has 0 saturated heterocycles. The van der Waals surface area contributed by atoms with E-state index in [4.69, 9.17) is 4.74 Å². The minimum absolute atomic E-state index is 0.0562. The fraction of sp³-hybridized carbons (Fsp3) is 0.562. The largest absolute Gasteiger partial charge is 0.496 e. The number of nitrogens with zero attached hydrogens (tertiary/aromatic N) is 1. The summed E-state index contributed by atoms with van der Waals surface area (Å²) < 4.78 is 5.36. The average Bonchev–Trinajstić information content (AvgIpc) is 2.48. The number of amides is 1. The summed E-state index contributed by atoms with van der Waals surface area (Å²) >= 11 is 0. The molecule has 1 N–H and O–H groups in total. The van der Waals surface area contributed by atoms with E-state index in [1.807, 2.05) is 56.9 Å². The Kier molecular flexibility index (Phi) is 6.52. The summed E-state index contributed by atoms with van der Waals surface area (Å²) in [7, 11) is 1.66. The van der Waals surface area contributed by atoms with Crippen LogP contribution in [0.3, 0.4) is 0 Å². The molecule has 0 fully saturated rings. The lowest BCUT2D eigenvalue weighted by atomic mass is 10.1. The van der Waals surface area contributed by atoms with Gasteiger partial charge in [-0.2, -0.15) is 0 Å². The molecular weight excluding hydrogens is 252 g/mol. The molecule has 0 spiro atoms. The van der Waals surface area contributed by atoms with Crippen molar-refractivity contribution >= 4 is 5.91 Å². The molecule has 0 aromatic heterocycles. The standard InChI is InChI=1S/C16H26N2O2/c1-6-18(7-2)16(19)13(4)17-12(3)14-10-8-9-11-15(14)20-5/h8-13,17H,6-7H2,1-5H3/t12-,13?/m1/s1. The van der Waals surface area contributed by atoms with Crippen LogP contribution in [0.25, 0.3) is 0 Å². The van der Waals surface area contributed by atoms with E-state index < -0.39 is 0 Å². The third-order valence-electron chi connectivity index (χ3n) is 3.55. The van der Waals surface area contributed by atoms with Gasteiger partial charge >= 0.3 is 0 Å². The summed E-state index contributed by atoms with van der Waals surface area (Å²) in [6, 6.07) is 7.72.